The lowest BCUT2D eigenvalue weighted by Gasteiger charge is -2.35. The lowest BCUT2D eigenvalue weighted by atomic mass is 9.93. The van der Waals surface area contributed by atoms with E-state index in [1.54, 1.807) is 0 Å². The van der Waals surface area contributed by atoms with Crippen molar-refractivity contribution in [3.8, 4) is 22.8 Å². The molecule has 13 heteroatoms. The largest absolute Gasteiger partial charge is 0.503 e. The summed E-state index contributed by atoms with van der Waals surface area (Å²) in [6.45, 7) is 1.16. The van der Waals surface area contributed by atoms with E-state index in [4.69, 9.17) is 27.7 Å². The number of rotatable bonds is 3. The Hall–Kier alpha value is -2.50. The van der Waals surface area contributed by atoms with Crippen molar-refractivity contribution >= 4 is 44.9 Å². The van der Waals surface area contributed by atoms with Gasteiger partial charge in [0.05, 0.1) is 16.5 Å². The average Bonchev–Trinajstić information content (AvgIpc) is 3.18. The number of carbonyl (C=O) groups excluding carboxylic acids is 1. The fourth-order valence-electron chi connectivity index (χ4n) is 3.73. The van der Waals surface area contributed by atoms with E-state index >= 15 is 0 Å². The first-order valence-corrected chi connectivity index (χ1v) is 10.4. The van der Waals surface area contributed by atoms with Crippen LogP contribution < -0.4 is 0 Å². The number of amides is 1. The van der Waals surface area contributed by atoms with Crippen LogP contribution in [-0.2, 0) is 24.2 Å². The fourth-order valence-corrected chi connectivity index (χ4v) is 6.55. The molecule has 0 saturated carbocycles. The standard InChI is InChI=1S/C16H12Cl2N2O8S/c1-16(14(15(24)25)20-9(21)4-10(20)29(16,26)27)8-3-7(28-19-8)5-2-6(17)12(22)13(23)11(5)18/h2-3,10,14,22-23H,4H2,1H3,(H,24,25)/t10-,14+,16+/m1/s1. The molecule has 2 fully saturated rings. The molecule has 2 aliphatic rings. The maximum Gasteiger partial charge on any atom is 0.328 e. The SMILES string of the molecule is C[C@]1(c2cc(-c3cc(Cl)c(O)c(O)c3Cl)on2)[C@H](C(=O)O)N2C(=O)C[C@H]2S1(=O)=O. The molecule has 0 aliphatic carbocycles. The molecule has 2 saturated heterocycles. The van der Waals surface area contributed by atoms with Crippen molar-refractivity contribution in [2.24, 2.45) is 0 Å². The van der Waals surface area contributed by atoms with Gasteiger partial charge in [0.1, 0.15) is 15.8 Å². The van der Waals surface area contributed by atoms with E-state index in [1.807, 2.05) is 0 Å². The Labute approximate surface area is 173 Å². The van der Waals surface area contributed by atoms with Crippen LogP contribution in [0, 0.1) is 0 Å². The smallest absolute Gasteiger partial charge is 0.328 e. The van der Waals surface area contributed by atoms with Gasteiger partial charge in [0.2, 0.25) is 5.91 Å². The van der Waals surface area contributed by atoms with Crippen LogP contribution in [0.3, 0.4) is 0 Å². The molecular weight excluding hydrogens is 451 g/mol. The Kier molecular flexibility index (Phi) is 4.10. The highest BCUT2D eigenvalue weighted by molar-refractivity contribution is 7.93. The number of carboxylic acids is 1. The summed E-state index contributed by atoms with van der Waals surface area (Å²) in [5.74, 6) is -3.58. The molecule has 3 atom stereocenters. The fraction of sp³-hybridized carbons (Fsp3) is 0.312. The second-order valence-corrected chi connectivity index (χ2v) is 10.1. The van der Waals surface area contributed by atoms with Crippen molar-refractivity contribution < 1.29 is 37.8 Å². The third kappa shape index (κ3) is 2.34. The number of aliphatic carboxylic acids is 1. The zero-order valence-corrected chi connectivity index (χ0v) is 16.8. The van der Waals surface area contributed by atoms with E-state index in [2.05, 4.69) is 5.16 Å². The van der Waals surface area contributed by atoms with Crippen molar-refractivity contribution in [3.05, 3.63) is 27.9 Å². The number of phenolic OH excluding ortho intramolecular Hbond substituents is 2. The van der Waals surface area contributed by atoms with Crippen LogP contribution >= 0.6 is 23.2 Å². The predicted octanol–water partition coefficient (Wildman–Crippen LogP) is 1.71. The molecular formula is C16H12Cl2N2O8S. The molecule has 154 valence electrons. The first kappa shape index (κ1) is 19.8. The number of β-lactam (4-membered cyclic amide) rings is 1. The van der Waals surface area contributed by atoms with Crippen molar-refractivity contribution in [3.63, 3.8) is 0 Å². The summed E-state index contributed by atoms with van der Waals surface area (Å²) in [5.41, 5.74) is -0.252. The molecule has 10 nitrogen and oxygen atoms in total. The van der Waals surface area contributed by atoms with E-state index in [0.29, 0.717) is 0 Å². The number of hydrogen-bond donors (Lipinski definition) is 3. The molecule has 1 aromatic carbocycles. The lowest BCUT2D eigenvalue weighted by molar-refractivity contribution is -0.157. The van der Waals surface area contributed by atoms with Gasteiger partial charge in [-0.3, -0.25) is 4.79 Å². The number of fused-ring (bicyclic) bond motifs is 1. The Morgan fingerprint density at radius 1 is 1.31 bits per heavy atom. The van der Waals surface area contributed by atoms with Gasteiger partial charge in [0, 0.05) is 11.6 Å². The monoisotopic (exact) mass is 462 g/mol. The number of phenols is 2. The molecule has 3 N–H and O–H groups in total. The molecule has 2 aromatic rings. The molecule has 0 bridgehead atoms. The molecule has 2 aliphatic heterocycles. The van der Waals surface area contributed by atoms with Gasteiger partial charge in [0.15, 0.2) is 33.1 Å². The maximum absolute atomic E-state index is 13.0. The number of hydrogen-bond acceptors (Lipinski definition) is 8. The van der Waals surface area contributed by atoms with Crippen molar-refractivity contribution in [1.29, 1.82) is 0 Å². The average molecular weight is 463 g/mol. The second kappa shape index (κ2) is 6.00. The molecule has 1 aromatic heterocycles. The molecule has 0 spiro atoms. The van der Waals surface area contributed by atoms with Gasteiger partial charge in [-0.05, 0) is 13.0 Å². The van der Waals surface area contributed by atoms with Crippen LogP contribution in [0.5, 0.6) is 11.5 Å². The van der Waals surface area contributed by atoms with Gasteiger partial charge < -0.3 is 24.7 Å². The van der Waals surface area contributed by atoms with Crippen LogP contribution in [0.4, 0.5) is 0 Å². The summed E-state index contributed by atoms with van der Waals surface area (Å²) in [4.78, 5) is 24.6. The summed E-state index contributed by atoms with van der Waals surface area (Å²) < 4.78 is 29.2. The second-order valence-electron chi connectivity index (χ2n) is 6.85. The number of sulfone groups is 1. The molecule has 0 unspecified atom stereocenters. The van der Waals surface area contributed by atoms with E-state index in [0.717, 1.165) is 17.9 Å². The number of aromatic hydroxyl groups is 2. The maximum atomic E-state index is 13.0. The van der Waals surface area contributed by atoms with Gasteiger partial charge in [-0.2, -0.15) is 0 Å². The van der Waals surface area contributed by atoms with E-state index < -0.39 is 49.4 Å². The topological polar surface area (TPSA) is 158 Å². The first-order valence-electron chi connectivity index (χ1n) is 8.07. The highest BCUT2D eigenvalue weighted by Gasteiger charge is 2.71. The van der Waals surface area contributed by atoms with Crippen LogP contribution in [0.1, 0.15) is 19.0 Å². The van der Waals surface area contributed by atoms with Crippen LogP contribution in [0.25, 0.3) is 11.3 Å². The van der Waals surface area contributed by atoms with Crippen molar-refractivity contribution in [2.45, 2.75) is 29.5 Å². The minimum atomic E-state index is -4.16. The van der Waals surface area contributed by atoms with E-state index in [1.165, 1.54) is 6.07 Å². The van der Waals surface area contributed by atoms with Crippen LogP contribution in [0.15, 0.2) is 16.7 Å². The Balaban J connectivity index is 1.88. The highest BCUT2D eigenvalue weighted by atomic mass is 35.5. The Morgan fingerprint density at radius 2 is 1.97 bits per heavy atom. The molecule has 3 heterocycles. The van der Waals surface area contributed by atoms with Crippen molar-refractivity contribution in [1.82, 2.24) is 10.1 Å². The van der Waals surface area contributed by atoms with Gasteiger partial charge >= 0.3 is 5.97 Å². The van der Waals surface area contributed by atoms with E-state index in [-0.39, 0.29) is 33.5 Å². The van der Waals surface area contributed by atoms with Crippen LogP contribution in [0.2, 0.25) is 10.0 Å². The predicted molar refractivity (Wildman–Crippen MR) is 98.2 cm³/mol. The summed E-state index contributed by atoms with van der Waals surface area (Å²) >= 11 is 11.8. The summed E-state index contributed by atoms with van der Waals surface area (Å²) in [7, 11) is -4.16. The summed E-state index contributed by atoms with van der Waals surface area (Å²) in [6.07, 6.45) is -0.306. The highest BCUT2D eigenvalue weighted by Crippen LogP contribution is 2.52. The zero-order valence-electron chi connectivity index (χ0n) is 14.5. The minimum absolute atomic E-state index is 0.00376. The Bertz CT molecular complexity index is 1190. The first-order chi connectivity index (χ1) is 13.4. The van der Waals surface area contributed by atoms with Crippen LogP contribution in [-0.4, -0.2) is 57.1 Å². The number of nitrogens with zero attached hydrogens (tertiary/aromatic N) is 2. The van der Waals surface area contributed by atoms with Gasteiger partial charge in [-0.25, -0.2) is 13.2 Å². The third-order valence-corrected chi connectivity index (χ3v) is 8.78. The lowest BCUT2D eigenvalue weighted by Crippen LogP contribution is -2.57. The number of carboxylic acid groups (broad SMARTS) is 1. The molecule has 0 radical (unpaired) electrons. The minimum Gasteiger partial charge on any atom is -0.503 e. The summed E-state index contributed by atoms with van der Waals surface area (Å²) in [6, 6.07) is 0.627. The molecule has 4 rings (SSSR count). The number of halogens is 2. The number of benzene rings is 1. The van der Waals surface area contributed by atoms with Gasteiger partial charge in [-0.1, -0.05) is 28.4 Å². The van der Waals surface area contributed by atoms with Gasteiger partial charge in [-0.15, -0.1) is 0 Å². The van der Waals surface area contributed by atoms with Crippen molar-refractivity contribution in [2.75, 3.05) is 0 Å². The van der Waals surface area contributed by atoms with Gasteiger partial charge in [0.25, 0.3) is 0 Å². The summed E-state index contributed by atoms with van der Waals surface area (Å²) in [5, 5.41) is 31.0. The third-order valence-electron chi connectivity index (χ3n) is 5.38. The zero-order chi connectivity index (χ0) is 21.5. The number of aromatic nitrogens is 1. The molecule has 29 heavy (non-hydrogen) atoms. The van der Waals surface area contributed by atoms with E-state index in [9.17, 15) is 33.3 Å². The quantitative estimate of drug-likeness (QED) is 0.455. The Morgan fingerprint density at radius 3 is 2.55 bits per heavy atom. The molecule has 1 amide bonds. The normalized spacial score (nSPS) is 27.6. The number of carbonyl (C=O) groups is 2.